The van der Waals surface area contributed by atoms with Gasteiger partial charge in [-0.25, -0.2) is 4.79 Å². The summed E-state index contributed by atoms with van der Waals surface area (Å²) < 4.78 is 0. The van der Waals surface area contributed by atoms with Crippen molar-refractivity contribution in [3.8, 4) is 5.75 Å². The Labute approximate surface area is 190 Å². The molecule has 0 spiro atoms. The average Bonchev–Trinajstić information content (AvgIpc) is 2.71. The van der Waals surface area contributed by atoms with Crippen molar-refractivity contribution in [2.75, 3.05) is 0 Å². The molecule has 0 radical (unpaired) electrons. The van der Waals surface area contributed by atoms with Crippen molar-refractivity contribution in [2.24, 2.45) is 11.7 Å². The normalized spacial score (nSPS) is 14.5. The van der Waals surface area contributed by atoms with E-state index in [2.05, 4.69) is 16.0 Å². The number of nitrogens with one attached hydrogen (secondary N) is 3. The largest absolute Gasteiger partial charge is 0.508 e. The molecular formula is C21H30N4O8. The van der Waals surface area contributed by atoms with E-state index in [0.29, 0.717) is 5.56 Å². The first-order chi connectivity index (χ1) is 15.3. The zero-order valence-electron chi connectivity index (χ0n) is 18.6. The number of amides is 3. The highest BCUT2D eigenvalue weighted by atomic mass is 16.4. The second-order valence-corrected chi connectivity index (χ2v) is 7.93. The van der Waals surface area contributed by atoms with E-state index in [4.69, 9.17) is 10.8 Å². The second kappa shape index (κ2) is 12.4. The third-order valence-electron chi connectivity index (χ3n) is 4.72. The number of rotatable bonds is 12. The average molecular weight is 466 g/mol. The Bertz CT molecular complexity index is 872. The lowest BCUT2D eigenvalue weighted by atomic mass is 10.0. The minimum Gasteiger partial charge on any atom is -0.508 e. The number of hydrogen-bond donors (Lipinski definition) is 7. The molecule has 0 fully saturated rings. The van der Waals surface area contributed by atoms with E-state index in [1.807, 2.05) is 0 Å². The SMILES string of the molecule is CC(NC(=O)C(N)Cc1ccc(O)cc1)C(=O)NC(CC(=O)O)C(=O)NC(C(=O)O)C(C)C. The first-order valence-electron chi connectivity index (χ1n) is 10.2. The molecule has 4 unspecified atom stereocenters. The molecule has 0 heterocycles. The molecule has 4 atom stereocenters. The monoisotopic (exact) mass is 466 g/mol. The molecule has 12 heteroatoms. The van der Waals surface area contributed by atoms with E-state index in [9.17, 15) is 34.2 Å². The molecule has 0 aliphatic rings. The molecule has 1 rings (SSSR count). The van der Waals surface area contributed by atoms with Crippen LogP contribution in [0.5, 0.6) is 5.75 Å². The van der Waals surface area contributed by atoms with Crippen LogP contribution in [0.1, 0.15) is 32.8 Å². The number of carboxylic acids is 2. The number of aliphatic carboxylic acids is 2. The second-order valence-electron chi connectivity index (χ2n) is 7.93. The molecule has 12 nitrogen and oxygen atoms in total. The summed E-state index contributed by atoms with van der Waals surface area (Å²) in [5, 5.41) is 34.4. The molecule has 182 valence electrons. The summed E-state index contributed by atoms with van der Waals surface area (Å²) in [6.07, 6.45) is -0.653. The van der Waals surface area contributed by atoms with Crippen LogP contribution in [0.25, 0.3) is 0 Å². The van der Waals surface area contributed by atoms with Gasteiger partial charge in [0, 0.05) is 0 Å². The minimum atomic E-state index is -1.55. The van der Waals surface area contributed by atoms with Crippen LogP contribution in [-0.4, -0.2) is 69.1 Å². The van der Waals surface area contributed by atoms with Gasteiger partial charge in [-0.3, -0.25) is 19.2 Å². The molecule has 1 aromatic carbocycles. The Morgan fingerprint density at radius 1 is 0.879 bits per heavy atom. The van der Waals surface area contributed by atoms with Crippen molar-refractivity contribution in [1.29, 1.82) is 0 Å². The van der Waals surface area contributed by atoms with Gasteiger partial charge in [0.2, 0.25) is 17.7 Å². The fourth-order valence-corrected chi connectivity index (χ4v) is 2.81. The number of hydrogen-bond acceptors (Lipinski definition) is 7. The summed E-state index contributed by atoms with van der Waals surface area (Å²) in [6.45, 7) is 4.44. The van der Waals surface area contributed by atoms with E-state index in [1.165, 1.54) is 19.1 Å². The van der Waals surface area contributed by atoms with Crippen molar-refractivity contribution in [3.05, 3.63) is 29.8 Å². The highest BCUT2D eigenvalue weighted by molar-refractivity contribution is 5.95. The number of carbonyl (C=O) groups is 5. The van der Waals surface area contributed by atoms with E-state index in [1.54, 1.807) is 26.0 Å². The Morgan fingerprint density at radius 3 is 1.94 bits per heavy atom. The van der Waals surface area contributed by atoms with Gasteiger partial charge in [0.05, 0.1) is 12.5 Å². The van der Waals surface area contributed by atoms with Crippen LogP contribution in [0.2, 0.25) is 0 Å². The molecule has 0 bridgehead atoms. The zero-order valence-corrected chi connectivity index (χ0v) is 18.6. The van der Waals surface area contributed by atoms with Crippen LogP contribution in [0.15, 0.2) is 24.3 Å². The summed E-state index contributed by atoms with van der Waals surface area (Å²) in [5.41, 5.74) is 6.54. The highest BCUT2D eigenvalue weighted by Crippen LogP contribution is 2.11. The van der Waals surface area contributed by atoms with Gasteiger partial charge in [-0.1, -0.05) is 26.0 Å². The van der Waals surface area contributed by atoms with Gasteiger partial charge in [0.25, 0.3) is 0 Å². The van der Waals surface area contributed by atoms with Crippen LogP contribution < -0.4 is 21.7 Å². The molecular weight excluding hydrogens is 436 g/mol. The fourth-order valence-electron chi connectivity index (χ4n) is 2.81. The van der Waals surface area contributed by atoms with Crippen LogP contribution in [0.4, 0.5) is 0 Å². The van der Waals surface area contributed by atoms with Crippen molar-refractivity contribution in [1.82, 2.24) is 16.0 Å². The Balaban J connectivity index is 2.76. The molecule has 8 N–H and O–H groups in total. The van der Waals surface area contributed by atoms with Gasteiger partial charge < -0.3 is 37.0 Å². The third-order valence-corrected chi connectivity index (χ3v) is 4.72. The maximum Gasteiger partial charge on any atom is 0.326 e. The summed E-state index contributed by atoms with van der Waals surface area (Å²) in [4.78, 5) is 59.6. The quantitative estimate of drug-likeness (QED) is 0.200. The summed E-state index contributed by atoms with van der Waals surface area (Å²) >= 11 is 0. The van der Waals surface area contributed by atoms with Gasteiger partial charge in [-0.15, -0.1) is 0 Å². The fraction of sp³-hybridized carbons (Fsp3) is 0.476. The molecule has 1 aromatic rings. The molecule has 0 saturated heterocycles. The maximum absolute atomic E-state index is 12.5. The Hall–Kier alpha value is -3.67. The number of carboxylic acid groups (broad SMARTS) is 2. The van der Waals surface area contributed by atoms with Crippen LogP contribution in [-0.2, 0) is 30.4 Å². The van der Waals surface area contributed by atoms with E-state index in [-0.39, 0.29) is 12.2 Å². The lowest BCUT2D eigenvalue weighted by Gasteiger charge is -2.24. The first-order valence-corrected chi connectivity index (χ1v) is 10.2. The summed E-state index contributed by atoms with van der Waals surface area (Å²) in [7, 11) is 0. The standard InChI is InChI=1S/C21H30N4O8/c1-10(2)17(21(32)33)25-20(31)15(9-16(27)28)24-18(29)11(3)23-19(30)14(22)8-12-4-6-13(26)7-5-12/h4-7,10-11,14-15,17,26H,8-9,22H2,1-3H3,(H,23,30)(H,24,29)(H,25,31)(H,27,28)(H,32,33). The van der Waals surface area contributed by atoms with Gasteiger partial charge >= 0.3 is 11.9 Å². The van der Waals surface area contributed by atoms with Gasteiger partial charge in [-0.2, -0.15) is 0 Å². The molecule has 3 amide bonds. The first kappa shape index (κ1) is 27.4. The van der Waals surface area contributed by atoms with Crippen LogP contribution in [0, 0.1) is 5.92 Å². The summed E-state index contributed by atoms with van der Waals surface area (Å²) in [6, 6.07) is 1.07. The van der Waals surface area contributed by atoms with Gasteiger partial charge in [0.15, 0.2) is 0 Å². The lowest BCUT2D eigenvalue weighted by Crippen LogP contribution is -2.57. The lowest BCUT2D eigenvalue weighted by molar-refractivity contribution is -0.144. The number of carbonyl (C=O) groups excluding carboxylic acids is 3. The van der Waals surface area contributed by atoms with Crippen LogP contribution >= 0.6 is 0 Å². The number of benzene rings is 1. The topological polar surface area (TPSA) is 208 Å². The van der Waals surface area contributed by atoms with Gasteiger partial charge in [0.1, 0.15) is 23.9 Å². The van der Waals surface area contributed by atoms with Crippen molar-refractivity contribution >= 4 is 29.7 Å². The van der Waals surface area contributed by atoms with Crippen LogP contribution in [0.3, 0.4) is 0 Å². The molecule has 0 aromatic heterocycles. The maximum atomic E-state index is 12.5. The van der Waals surface area contributed by atoms with E-state index >= 15 is 0 Å². The Morgan fingerprint density at radius 2 is 1.45 bits per heavy atom. The van der Waals surface area contributed by atoms with Crippen molar-refractivity contribution in [2.45, 2.75) is 57.8 Å². The number of aromatic hydroxyl groups is 1. The molecule has 0 aliphatic carbocycles. The number of phenols is 1. The number of phenolic OH excluding ortho intramolecular Hbond substituents is 1. The molecule has 33 heavy (non-hydrogen) atoms. The molecule has 0 aliphatic heterocycles. The van der Waals surface area contributed by atoms with Gasteiger partial charge in [-0.05, 0) is 37.0 Å². The van der Waals surface area contributed by atoms with E-state index < -0.39 is 66.2 Å². The predicted molar refractivity (Wildman–Crippen MR) is 116 cm³/mol. The minimum absolute atomic E-state index is 0.0603. The summed E-state index contributed by atoms with van der Waals surface area (Å²) in [5.74, 6) is -5.60. The number of nitrogens with two attached hydrogens (primary N) is 1. The van der Waals surface area contributed by atoms with Crippen molar-refractivity contribution < 1.29 is 39.3 Å². The zero-order chi connectivity index (χ0) is 25.3. The van der Waals surface area contributed by atoms with Crippen molar-refractivity contribution in [3.63, 3.8) is 0 Å². The Kier molecular flexibility index (Phi) is 10.3. The smallest absolute Gasteiger partial charge is 0.326 e. The van der Waals surface area contributed by atoms with E-state index in [0.717, 1.165) is 0 Å². The third kappa shape index (κ3) is 9.15. The predicted octanol–water partition coefficient (Wildman–Crippen LogP) is -1.05. The highest BCUT2D eigenvalue weighted by Gasteiger charge is 2.31. The molecule has 0 saturated carbocycles.